The van der Waals surface area contributed by atoms with Crippen molar-refractivity contribution < 1.29 is 13.3 Å². The molecule has 6 heteroatoms. The van der Waals surface area contributed by atoms with Crippen molar-refractivity contribution in [3.05, 3.63) is 30.3 Å². The molecule has 0 fully saturated rings. The van der Waals surface area contributed by atoms with Gasteiger partial charge >= 0.3 is 8.80 Å². The highest BCUT2D eigenvalue weighted by Gasteiger charge is 2.53. The van der Waals surface area contributed by atoms with Crippen LogP contribution in [0.4, 0.5) is 5.69 Å². The lowest BCUT2D eigenvalue weighted by Crippen LogP contribution is -2.67. The van der Waals surface area contributed by atoms with E-state index in [1.807, 2.05) is 20.8 Å². The van der Waals surface area contributed by atoms with Gasteiger partial charge in [-0.3, -0.25) is 0 Å². The minimum absolute atomic E-state index is 0.587. The van der Waals surface area contributed by atoms with Crippen molar-refractivity contribution >= 4 is 22.7 Å². The van der Waals surface area contributed by atoms with Crippen LogP contribution in [0.3, 0.4) is 0 Å². The smallest absolute Gasteiger partial charge is 0.392 e. The van der Waals surface area contributed by atoms with E-state index >= 15 is 0 Å². The van der Waals surface area contributed by atoms with Gasteiger partial charge in [-0.05, 0) is 49.5 Å². The molecule has 162 valence electrons. The van der Waals surface area contributed by atoms with Gasteiger partial charge < -0.3 is 17.8 Å². The van der Waals surface area contributed by atoms with Crippen molar-refractivity contribution in [2.75, 3.05) is 30.6 Å². The average Bonchev–Trinajstić information content (AvgIpc) is 2.62. The van der Waals surface area contributed by atoms with Gasteiger partial charge in [0, 0.05) is 25.5 Å². The molecule has 0 aromatic heterocycles. The topological polar surface area (TPSA) is 30.9 Å². The Bertz CT molecular complexity index is 513. The quantitative estimate of drug-likeness (QED) is 0.349. The summed E-state index contributed by atoms with van der Waals surface area (Å²) in [4.78, 5) is 0. The molecule has 0 N–H and O–H groups in total. The third-order valence-corrected chi connectivity index (χ3v) is 15.9. The first-order chi connectivity index (χ1) is 13.2. The van der Waals surface area contributed by atoms with Crippen LogP contribution in [0.25, 0.3) is 0 Å². The van der Waals surface area contributed by atoms with Gasteiger partial charge in [0.25, 0.3) is 0 Å². The van der Waals surface area contributed by atoms with Gasteiger partial charge in [-0.25, -0.2) is 0 Å². The second-order valence-electron chi connectivity index (χ2n) is 8.26. The molecule has 0 unspecified atom stereocenters. The normalized spacial score (nSPS) is 13.0. The van der Waals surface area contributed by atoms with E-state index in [1.165, 1.54) is 5.69 Å². The zero-order valence-electron chi connectivity index (χ0n) is 19.6. The summed E-state index contributed by atoms with van der Waals surface area (Å²) in [5.74, 6) is 0. The lowest BCUT2D eigenvalue weighted by molar-refractivity contribution is 0.0729. The number of hydrogen-bond acceptors (Lipinski definition) is 4. The van der Waals surface area contributed by atoms with Gasteiger partial charge in [0.1, 0.15) is 0 Å². The van der Waals surface area contributed by atoms with Crippen molar-refractivity contribution in [3.63, 3.8) is 0 Å². The first-order valence-corrected chi connectivity index (χ1v) is 15.1. The molecule has 1 aromatic carbocycles. The summed E-state index contributed by atoms with van der Waals surface area (Å²) >= 11 is 0. The van der Waals surface area contributed by atoms with Crippen molar-refractivity contribution in [3.8, 4) is 0 Å². The predicted octanol–water partition coefficient (Wildman–Crippen LogP) is 6.26. The lowest BCUT2D eigenvalue weighted by Gasteiger charge is -2.53. The Kier molecular flexibility index (Phi) is 10.4. The summed E-state index contributed by atoms with van der Waals surface area (Å²) in [6, 6.07) is 10.8. The Morgan fingerprint density at radius 2 is 1.11 bits per heavy atom. The summed E-state index contributed by atoms with van der Waals surface area (Å²) in [5, 5.41) is 0. The Labute approximate surface area is 176 Å². The second-order valence-corrected chi connectivity index (χ2v) is 16.6. The standard InChI is InChI=1S/C22H43NO3Si2/c1-10-24-27(25-11-2,26-12-3)18-23(22-16-14-13-15-17-22)28(19(4)5,20(6)7)21(8)9/h13-17,19-21H,10-12,18H2,1-9H3. The highest BCUT2D eigenvalue weighted by Crippen LogP contribution is 2.46. The van der Waals surface area contributed by atoms with Crippen LogP contribution in [-0.4, -0.2) is 43.0 Å². The van der Waals surface area contributed by atoms with E-state index in [2.05, 4.69) is 76.4 Å². The summed E-state index contributed by atoms with van der Waals surface area (Å²) in [6.45, 7) is 22.3. The summed E-state index contributed by atoms with van der Waals surface area (Å²) in [5.41, 5.74) is 3.03. The highest BCUT2D eigenvalue weighted by molar-refractivity contribution is 6.88. The monoisotopic (exact) mass is 425 g/mol. The Morgan fingerprint density at radius 3 is 1.43 bits per heavy atom. The molecule has 4 nitrogen and oxygen atoms in total. The molecule has 0 bridgehead atoms. The molecule has 0 atom stereocenters. The fourth-order valence-corrected chi connectivity index (χ4v) is 15.7. The van der Waals surface area contributed by atoms with Crippen LogP contribution in [0, 0.1) is 0 Å². The lowest BCUT2D eigenvalue weighted by atomic mass is 10.3. The van der Waals surface area contributed by atoms with Crippen LogP contribution in [0.2, 0.25) is 16.6 Å². The Hall–Kier alpha value is -0.666. The number of anilines is 1. The first kappa shape index (κ1) is 25.4. The zero-order valence-corrected chi connectivity index (χ0v) is 21.6. The minimum Gasteiger partial charge on any atom is -0.392 e. The van der Waals surface area contributed by atoms with Gasteiger partial charge in [-0.15, -0.1) is 0 Å². The number of benzene rings is 1. The van der Waals surface area contributed by atoms with Crippen LogP contribution >= 0.6 is 0 Å². The molecule has 0 heterocycles. The fraction of sp³-hybridized carbons (Fsp3) is 0.727. The SMILES string of the molecule is CCO[Si](CN(c1ccccc1)[Si](C(C)C)(C(C)C)C(C)C)(OCC)OCC. The molecule has 0 spiro atoms. The number of para-hydroxylation sites is 1. The zero-order chi connectivity index (χ0) is 21.4. The third kappa shape index (κ3) is 5.48. The summed E-state index contributed by atoms with van der Waals surface area (Å²) < 4.78 is 21.5. The Balaban J connectivity index is 3.63. The fourth-order valence-electron chi connectivity index (χ4n) is 5.11. The third-order valence-electron chi connectivity index (χ3n) is 5.75. The van der Waals surface area contributed by atoms with E-state index in [0.717, 1.165) is 0 Å². The van der Waals surface area contributed by atoms with Crippen molar-refractivity contribution in [2.45, 2.75) is 78.9 Å². The van der Waals surface area contributed by atoms with Gasteiger partial charge in [-0.2, -0.15) is 0 Å². The number of rotatable bonds is 13. The van der Waals surface area contributed by atoms with Crippen LogP contribution in [0.5, 0.6) is 0 Å². The van der Waals surface area contributed by atoms with Crippen LogP contribution in [-0.2, 0) is 13.3 Å². The Morgan fingerprint density at radius 1 is 0.714 bits per heavy atom. The van der Waals surface area contributed by atoms with E-state index in [1.54, 1.807) is 0 Å². The van der Waals surface area contributed by atoms with Crippen LogP contribution in [0.15, 0.2) is 30.3 Å². The molecule has 0 amide bonds. The molecular weight excluding hydrogens is 382 g/mol. The van der Waals surface area contributed by atoms with Gasteiger partial charge in [0.15, 0.2) is 8.24 Å². The van der Waals surface area contributed by atoms with E-state index < -0.39 is 17.0 Å². The maximum Gasteiger partial charge on any atom is 0.520 e. The average molecular weight is 426 g/mol. The summed E-state index contributed by atoms with van der Waals surface area (Å²) in [6.07, 6.45) is 0.716. The molecule has 0 aliphatic heterocycles. The predicted molar refractivity (Wildman–Crippen MR) is 125 cm³/mol. The molecule has 1 rings (SSSR count). The van der Waals surface area contributed by atoms with Crippen LogP contribution in [0.1, 0.15) is 62.3 Å². The van der Waals surface area contributed by atoms with Gasteiger partial charge in [0.05, 0.1) is 6.17 Å². The van der Waals surface area contributed by atoms with Crippen molar-refractivity contribution in [2.24, 2.45) is 0 Å². The number of nitrogens with zero attached hydrogens (tertiary/aromatic N) is 1. The maximum absolute atomic E-state index is 6.27. The van der Waals surface area contributed by atoms with Crippen LogP contribution < -0.4 is 4.57 Å². The van der Waals surface area contributed by atoms with Gasteiger partial charge in [0.2, 0.25) is 0 Å². The summed E-state index contributed by atoms with van der Waals surface area (Å²) in [7, 11) is -4.79. The van der Waals surface area contributed by atoms with Gasteiger partial charge in [-0.1, -0.05) is 59.7 Å². The second kappa shape index (κ2) is 11.5. The minimum atomic E-state index is -2.83. The van der Waals surface area contributed by atoms with E-state index in [4.69, 9.17) is 13.3 Å². The van der Waals surface area contributed by atoms with Crippen molar-refractivity contribution in [1.82, 2.24) is 0 Å². The molecule has 1 aromatic rings. The first-order valence-electron chi connectivity index (χ1n) is 11.0. The molecule has 0 aliphatic rings. The maximum atomic E-state index is 6.27. The largest absolute Gasteiger partial charge is 0.520 e. The van der Waals surface area contributed by atoms with E-state index in [0.29, 0.717) is 42.6 Å². The molecule has 0 saturated heterocycles. The molecular formula is C22H43NO3Si2. The molecule has 28 heavy (non-hydrogen) atoms. The van der Waals surface area contributed by atoms with E-state index in [9.17, 15) is 0 Å². The highest BCUT2D eigenvalue weighted by atomic mass is 28.4. The van der Waals surface area contributed by atoms with E-state index in [-0.39, 0.29) is 0 Å². The molecule has 0 radical (unpaired) electrons. The molecule has 0 aliphatic carbocycles. The molecule has 0 saturated carbocycles. The number of hydrogen-bond donors (Lipinski definition) is 0. The van der Waals surface area contributed by atoms with Crippen molar-refractivity contribution in [1.29, 1.82) is 0 Å².